The number of aromatic nitrogens is 5. The molecule has 0 spiro atoms. The highest BCUT2D eigenvalue weighted by Crippen LogP contribution is 2.13. The van der Waals surface area contributed by atoms with Gasteiger partial charge in [-0.3, -0.25) is 9.48 Å². The average Bonchev–Trinajstić information content (AvgIpc) is 3.10. The molecule has 0 saturated heterocycles. The van der Waals surface area contributed by atoms with Gasteiger partial charge in [0.1, 0.15) is 12.7 Å². The Bertz CT molecular complexity index is 714. The van der Waals surface area contributed by atoms with E-state index < -0.39 is 0 Å². The highest BCUT2D eigenvalue weighted by atomic mass is 16.1. The average molecular weight is 268 g/mol. The lowest BCUT2D eigenvalue weighted by Crippen LogP contribution is -2.11. The Balaban J connectivity index is 1.74. The third kappa shape index (κ3) is 2.41. The van der Waals surface area contributed by atoms with Gasteiger partial charge in [-0.25, -0.2) is 9.67 Å². The van der Waals surface area contributed by atoms with Crippen molar-refractivity contribution in [2.75, 3.05) is 5.32 Å². The standard InChI is InChI=1S/C13H12N6O/c1-18-7-10(6-15-18)13(20)17-11-2-4-12(5-3-11)19-9-14-8-16-19/h2-9H,1H3,(H,17,20). The summed E-state index contributed by atoms with van der Waals surface area (Å²) in [4.78, 5) is 15.8. The minimum atomic E-state index is -0.188. The van der Waals surface area contributed by atoms with Gasteiger partial charge in [-0.1, -0.05) is 0 Å². The number of carbonyl (C=O) groups excluding carboxylic acids is 1. The Hall–Kier alpha value is -2.96. The van der Waals surface area contributed by atoms with Crippen LogP contribution in [-0.4, -0.2) is 30.5 Å². The molecule has 0 aliphatic rings. The van der Waals surface area contributed by atoms with Gasteiger partial charge in [-0.05, 0) is 24.3 Å². The lowest BCUT2D eigenvalue weighted by molar-refractivity contribution is 0.102. The van der Waals surface area contributed by atoms with E-state index in [9.17, 15) is 4.79 Å². The molecule has 0 unspecified atom stereocenters. The molecule has 3 rings (SSSR count). The van der Waals surface area contributed by atoms with E-state index in [1.807, 2.05) is 24.3 Å². The highest BCUT2D eigenvalue weighted by molar-refractivity contribution is 6.03. The van der Waals surface area contributed by atoms with Crippen LogP contribution in [0.15, 0.2) is 49.3 Å². The first-order valence-corrected chi connectivity index (χ1v) is 5.97. The van der Waals surface area contributed by atoms with E-state index in [1.54, 1.807) is 28.9 Å². The Labute approximate surface area is 114 Å². The Morgan fingerprint density at radius 1 is 1.20 bits per heavy atom. The zero-order chi connectivity index (χ0) is 13.9. The van der Waals surface area contributed by atoms with Gasteiger partial charge in [0.25, 0.3) is 5.91 Å². The van der Waals surface area contributed by atoms with Crippen molar-refractivity contribution < 1.29 is 4.79 Å². The Morgan fingerprint density at radius 3 is 2.60 bits per heavy atom. The van der Waals surface area contributed by atoms with Crippen molar-refractivity contribution in [3.63, 3.8) is 0 Å². The second-order valence-electron chi connectivity index (χ2n) is 4.24. The quantitative estimate of drug-likeness (QED) is 0.775. The monoisotopic (exact) mass is 268 g/mol. The molecule has 0 bridgehead atoms. The van der Waals surface area contributed by atoms with Crippen LogP contribution in [0.5, 0.6) is 0 Å². The maximum atomic E-state index is 11.9. The van der Waals surface area contributed by atoms with Crippen LogP contribution < -0.4 is 5.32 Å². The third-order valence-corrected chi connectivity index (χ3v) is 2.78. The first-order valence-electron chi connectivity index (χ1n) is 5.97. The summed E-state index contributed by atoms with van der Waals surface area (Å²) in [7, 11) is 1.77. The minimum absolute atomic E-state index is 0.188. The summed E-state index contributed by atoms with van der Waals surface area (Å²) in [6.07, 6.45) is 6.28. The van der Waals surface area contributed by atoms with Crippen molar-refractivity contribution in [1.29, 1.82) is 0 Å². The zero-order valence-electron chi connectivity index (χ0n) is 10.8. The number of amides is 1. The van der Waals surface area contributed by atoms with Gasteiger partial charge in [0.05, 0.1) is 17.4 Å². The molecule has 1 aromatic carbocycles. The van der Waals surface area contributed by atoms with E-state index in [1.165, 1.54) is 12.5 Å². The summed E-state index contributed by atoms with van der Waals surface area (Å²) in [5, 5.41) is 10.8. The Kier molecular flexibility index (Phi) is 3.00. The lowest BCUT2D eigenvalue weighted by Gasteiger charge is -2.05. The first kappa shape index (κ1) is 12.1. The number of carbonyl (C=O) groups is 1. The van der Waals surface area contributed by atoms with Gasteiger partial charge in [0, 0.05) is 18.9 Å². The molecule has 7 nitrogen and oxygen atoms in total. The van der Waals surface area contributed by atoms with Gasteiger partial charge >= 0.3 is 0 Å². The zero-order valence-corrected chi connectivity index (χ0v) is 10.8. The molecule has 2 aromatic heterocycles. The number of hydrogen-bond donors (Lipinski definition) is 1. The van der Waals surface area contributed by atoms with Crippen LogP contribution in [-0.2, 0) is 7.05 Å². The van der Waals surface area contributed by atoms with Crippen molar-refractivity contribution in [3.05, 3.63) is 54.9 Å². The highest BCUT2D eigenvalue weighted by Gasteiger charge is 2.08. The molecule has 0 aliphatic carbocycles. The van der Waals surface area contributed by atoms with Gasteiger partial charge in [-0.15, -0.1) is 0 Å². The first-order chi connectivity index (χ1) is 9.72. The summed E-state index contributed by atoms with van der Waals surface area (Å²) < 4.78 is 3.23. The maximum absolute atomic E-state index is 11.9. The fourth-order valence-corrected chi connectivity index (χ4v) is 1.78. The van der Waals surface area contributed by atoms with E-state index in [4.69, 9.17) is 0 Å². The van der Waals surface area contributed by atoms with Crippen LogP contribution in [0.3, 0.4) is 0 Å². The number of nitrogens with zero attached hydrogens (tertiary/aromatic N) is 5. The normalized spacial score (nSPS) is 10.4. The number of benzene rings is 1. The number of nitrogens with one attached hydrogen (secondary N) is 1. The minimum Gasteiger partial charge on any atom is -0.322 e. The van der Waals surface area contributed by atoms with Crippen molar-refractivity contribution in [1.82, 2.24) is 24.5 Å². The van der Waals surface area contributed by atoms with Gasteiger partial charge < -0.3 is 5.32 Å². The van der Waals surface area contributed by atoms with E-state index >= 15 is 0 Å². The van der Waals surface area contributed by atoms with Crippen molar-refractivity contribution in [3.8, 4) is 5.69 Å². The summed E-state index contributed by atoms with van der Waals surface area (Å²) in [6.45, 7) is 0. The van der Waals surface area contributed by atoms with Crippen LogP contribution in [0, 0.1) is 0 Å². The van der Waals surface area contributed by atoms with Crippen LogP contribution in [0.25, 0.3) is 5.69 Å². The summed E-state index contributed by atoms with van der Waals surface area (Å²) in [6, 6.07) is 7.33. The molecule has 0 fully saturated rings. The molecular weight excluding hydrogens is 256 g/mol. The molecule has 0 aliphatic heterocycles. The van der Waals surface area contributed by atoms with E-state index in [-0.39, 0.29) is 5.91 Å². The number of rotatable bonds is 3. The number of anilines is 1. The predicted octanol–water partition coefficient (Wildman–Crippen LogP) is 1.25. The molecule has 7 heteroatoms. The summed E-state index contributed by atoms with van der Waals surface area (Å²) in [5.41, 5.74) is 2.11. The van der Waals surface area contributed by atoms with Crippen LogP contribution in [0.2, 0.25) is 0 Å². The fraction of sp³-hybridized carbons (Fsp3) is 0.0769. The van der Waals surface area contributed by atoms with Crippen LogP contribution in [0.4, 0.5) is 5.69 Å². The van der Waals surface area contributed by atoms with Gasteiger partial charge in [-0.2, -0.15) is 10.2 Å². The summed E-state index contributed by atoms with van der Waals surface area (Å²) >= 11 is 0. The van der Waals surface area contributed by atoms with Crippen molar-refractivity contribution in [2.24, 2.45) is 7.05 Å². The smallest absolute Gasteiger partial charge is 0.258 e. The molecule has 0 saturated carbocycles. The molecule has 0 radical (unpaired) electrons. The molecule has 3 aromatic rings. The molecule has 100 valence electrons. The predicted molar refractivity (Wildman–Crippen MR) is 72.5 cm³/mol. The molecule has 1 amide bonds. The van der Waals surface area contributed by atoms with E-state index in [0.29, 0.717) is 11.3 Å². The third-order valence-electron chi connectivity index (χ3n) is 2.78. The van der Waals surface area contributed by atoms with Crippen LogP contribution >= 0.6 is 0 Å². The Morgan fingerprint density at radius 2 is 2.00 bits per heavy atom. The second kappa shape index (κ2) is 4.96. The molecule has 0 atom stereocenters. The topological polar surface area (TPSA) is 77.6 Å². The number of aryl methyl sites for hydroxylation is 1. The largest absolute Gasteiger partial charge is 0.322 e. The van der Waals surface area contributed by atoms with Gasteiger partial charge in [0.2, 0.25) is 0 Å². The maximum Gasteiger partial charge on any atom is 0.258 e. The molecule has 1 N–H and O–H groups in total. The number of hydrogen-bond acceptors (Lipinski definition) is 4. The van der Waals surface area contributed by atoms with E-state index in [2.05, 4.69) is 20.5 Å². The molecule has 2 heterocycles. The van der Waals surface area contributed by atoms with E-state index in [0.717, 1.165) is 5.69 Å². The van der Waals surface area contributed by atoms with Crippen molar-refractivity contribution in [2.45, 2.75) is 0 Å². The summed E-state index contributed by atoms with van der Waals surface area (Å²) in [5.74, 6) is -0.188. The van der Waals surface area contributed by atoms with Crippen LogP contribution in [0.1, 0.15) is 10.4 Å². The van der Waals surface area contributed by atoms with Crippen molar-refractivity contribution >= 4 is 11.6 Å². The second-order valence-corrected chi connectivity index (χ2v) is 4.24. The molecular formula is C13H12N6O. The van der Waals surface area contributed by atoms with Gasteiger partial charge in [0.15, 0.2) is 0 Å². The fourth-order valence-electron chi connectivity index (χ4n) is 1.78. The molecule has 20 heavy (non-hydrogen) atoms. The lowest BCUT2D eigenvalue weighted by atomic mass is 10.2. The SMILES string of the molecule is Cn1cc(C(=O)Nc2ccc(-n3cncn3)cc2)cn1.